The molecule has 0 aliphatic rings. The zero-order valence-electron chi connectivity index (χ0n) is 10.9. The molecule has 0 aliphatic carbocycles. The molecular formula is C14H15F3O2. The summed E-state index contributed by atoms with van der Waals surface area (Å²) in [5, 5.41) is 9.11. The second-order valence-corrected chi connectivity index (χ2v) is 5.23. The largest absolute Gasteiger partial charge is 0.478 e. The van der Waals surface area contributed by atoms with E-state index < -0.39 is 23.1 Å². The number of hydrogen-bond donors (Lipinski definition) is 1. The van der Waals surface area contributed by atoms with Crippen LogP contribution in [0.25, 0.3) is 6.08 Å². The van der Waals surface area contributed by atoms with Crippen LogP contribution in [-0.2, 0) is 11.0 Å². The minimum absolute atomic E-state index is 0.146. The van der Waals surface area contributed by atoms with Crippen molar-refractivity contribution < 1.29 is 23.1 Å². The average Bonchev–Trinajstić information content (AvgIpc) is 2.23. The Morgan fingerprint density at radius 3 is 1.89 bits per heavy atom. The summed E-state index contributed by atoms with van der Waals surface area (Å²) in [6, 6.07) is 4.40. The van der Waals surface area contributed by atoms with Crippen LogP contribution >= 0.6 is 0 Å². The molecule has 1 aromatic rings. The van der Waals surface area contributed by atoms with Crippen molar-refractivity contribution in [3.8, 4) is 0 Å². The van der Waals surface area contributed by atoms with Gasteiger partial charge >= 0.3 is 12.1 Å². The predicted molar refractivity (Wildman–Crippen MR) is 66.5 cm³/mol. The fourth-order valence-corrected chi connectivity index (χ4v) is 1.53. The molecular weight excluding hydrogens is 257 g/mol. The van der Waals surface area contributed by atoms with E-state index in [4.69, 9.17) is 5.11 Å². The lowest BCUT2D eigenvalue weighted by Gasteiger charge is -2.19. The summed E-state index contributed by atoms with van der Waals surface area (Å²) in [6.45, 7) is 5.20. The molecule has 1 aromatic carbocycles. The van der Waals surface area contributed by atoms with E-state index in [9.17, 15) is 18.0 Å². The van der Waals surface area contributed by atoms with Gasteiger partial charge in [-0.1, -0.05) is 32.9 Å². The first kappa shape index (κ1) is 15.3. The first-order valence-electron chi connectivity index (χ1n) is 5.64. The number of rotatable bonds is 2. The minimum Gasteiger partial charge on any atom is -0.478 e. The molecule has 1 N–H and O–H groups in total. The molecule has 0 spiro atoms. The molecule has 1 rings (SSSR count). The highest BCUT2D eigenvalue weighted by atomic mass is 19.4. The summed E-state index contributed by atoms with van der Waals surface area (Å²) >= 11 is 0. The van der Waals surface area contributed by atoms with E-state index in [1.807, 2.05) is 0 Å². The van der Waals surface area contributed by atoms with E-state index in [2.05, 4.69) is 0 Å². The van der Waals surface area contributed by atoms with E-state index in [1.165, 1.54) is 18.2 Å². The molecule has 0 saturated carbocycles. The van der Waals surface area contributed by atoms with Gasteiger partial charge in [0.2, 0.25) is 0 Å². The number of hydrogen-bond acceptors (Lipinski definition) is 1. The summed E-state index contributed by atoms with van der Waals surface area (Å²) in [4.78, 5) is 11.1. The predicted octanol–water partition coefficient (Wildman–Crippen LogP) is 4.22. The van der Waals surface area contributed by atoms with Crippen LogP contribution < -0.4 is 0 Å². The van der Waals surface area contributed by atoms with Crippen molar-refractivity contribution in [1.29, 1.82) is 0 Å². The van der Waals surface area contributed by atoms with Gasteiger partial charge in [0.1, 0.15) is 0 Å². The number of carboxylic acid groups (broad SMARTS) is 1. The lowest BCUT2D eigenvalue weighted by atomic mass is 9.85. The summed E-state index contributed by atoms with van der Waals surface area (Å²) in [6.07, 6.45) is -3.00. The first-order chi connectivity index (χ1) is 8.51. The van der Waals surface area contributed by atoms with Crippen LogP contribution in [0.4, 0.5) is 13.2 Å². The van der Waals surface area contributed by atoms with Gasteiger partial charge in [0.05, 0.1) is 5.56 Å². The molecule has 0 atom stereocenters. The van der Waals surface area contributed by atoms with Gasteiger partial charge in [0, 0.05) is 5.57 Å². The van der Waals surface area contributed by atoms with Crippen LogP contribution in [0, 0.1) is 5.41 Å². The first-order valence-corrected chi connectivity index (χ1v) is 5.64. The Kier molecular flexibility index (Phi) is 4.08. The van der Waals surface area contributed by atoms with E-state index in [1.54, 1.807) is 20.8 Å². The highest BCUT2D eigenvalue weighted by Crippen LogP contribution is 2.31. The Morgan fingerprint density at radius 1 is 1.11 bits per heavy atom. The summed E-state index contributed by atoms with van der Waals surface area (Å²) < 4.78 is 37.2. The maximum atomic E-state index is 12.4. The van der Waals surface area contributed by atoms with Gasteiger partial charge in [0.15, 0.2) is 0 Å². The van der Waals surface area contributed by atoms with Gasteiger partial charge in [-0.3, -0.25) is 0 Å². The van der Waals surface area contributed by atoms with Crippen molar-refractivity contribution in [2.75, 3.05) is 0 Å². The van der Waals surface area contributed by atoms with Crippen molar-refractivity contribution in [2.45, 2.75) is 26.9 Å². The quantitative estimate of drug-likeness (QED) is 0.818. The SMILES string of the molecule is CC(C)(C)/C(=C\c1ccc(C(F)(F)F)cc1)C(=O)O. The molecule has 5 heteroatoms. The van der Waals surface area contributed by atoms with Gasteiger partial charge in [-0.05, 0) is 29.2 Å². The molecule has 0 heterocycles. The van der Waals surface area contributed by atoms with Gasteiger partial charge in [-0.25, -0.2) is 4.79 Å². The van der Waals surface area contributed by atoms with Crippen molar-refractivity contribution >= 4 is 12.0 Å². The number of carboxylic acids is 1. The third kappa shape index (κ3) is 4.12. The van der Waals surface area contributed by atoms with Gasteiger partial charge < -0.3 is 5.11 Å². The monoisotopic (exact) mass is 272 g/mol. The van der Waals surface area contributed by atoms with Crippen LogP contribution in [0.15, 0.2) is 29.8 Å². The number of benzene rings is 1. The zero-order valence-corrected chi connectivity index (χ0v) is 10.9. The average molecular weight is 272 g/mol. The van der Waals surface area contributed by atoms with Crippen LogP contribution in [0.2, 0.25) is 0 Å². The standard InChI is InChI=1S/C14H15F3O2/c1-13(2,3)11(12(18)19)8-9-4-6-10(7-5-9)14(15,16)17/h4-8H,1-3H3,(H,18,19)/b11-8-. The lowest BCUT2D eigenvalue weighted by molar-refractivity contribution is -0.137. The van der Waals surface area contributed by atoms with E-state index >= 15 is 0 Å². The van der Waals surface area contributed by atoms with Crippen LogP contribution in [0.1, 0.15) is 31.9 Å². The molecule has 2 nitrogen and oxygen atoms in total. The van der Waals surface area contributed by atoms with Gasteiger partial charge in [-0.2, -0.15) is 13.2 Å². The lowest BCUT2D eigenvalue weighted by Crippen LogP contribution is -2.17. The summed E-state index contributed by atoms with van der Waals surface area (Å²) in [5.74, 6) is -1.08. The van der Waals surface area contributed by atoms with Crippen LogP contribution in [0.3, 0.4) is 0 Å². The Labute approximate surface area is 109 Å². The molecule has 19 heavy (non-hydrogen) atoms. The Balaban J connectivity index is 3.14. The van der Waals surface area contributed by atoms with E-state index in [0.29, 0.717) is 5.56 Å². The summed E-state index contributed by atoms with van der Waals surface area (Å²) in [7, 11) is 0. The normalized spacial score (nSPS) is 13.5. The number of halogens is 3. The van der Waals surface area contributed by atoms with Crippen LogP contribution in [-0.4, -0.2) is 11.1 Å². The van der Waals surface area contributed by atoms with Gasteiger partial charge in [0.25, 0.3) is 0 Å². The fourth-order valence-electron chi connectivity index (χ4n) is 1.53. The maximum absolute atomic E-state index is 12.4. The highest BCUT2D eigenvalue weighted by Gasteiger charge is 2.30. The van der Waals surface area contributed by atoms with E-state index in [-0.39, 0.29) is 5.57 Å². The number of alkyl halides is 3. The Morgan fingerprint density at radius 2 is 1.58 bits per heavy atom. The van der Waals surface area contributed by atoms with Crippen molar-refractivity contribution in [1.82, 2.24) is 0 Å². The molecule has 0 fully saturated rings. The number of aliphatic carboxylic acids is 1. The van der Waals surface area contributed by atoms with Gasteiger partial charge in [-0.15, -0.1) is 0 Å². The minimum atomic E-state index is -4.39. The smallest absolute Gasteiger partial charge is 0.416 e. The molecule has 104 valence electrons. The third-order valence-electron chi connectivity index (χ3n) is 2.59. The Bertz CT molecular complexity index is 491. The molecule has 0 bridgehead atoms. The third-order valence-corrected chi connectivity index (χ3v) is 2.59. The Hall–Kier alpha value is -1.78. The molecule has 0 radical (unpaired) electrons. The highest BCUT2D eigenvalue weighted by molar-refractivity contribution is 5.93. The molecule has 0 aromatic heterocycles. The summed E-state index contributed by atoms with van der Waals surface area (Å²) in [5.41, 5.74) is -0.765. The fraction of sp³-hybridized carbons (Fsp3) is 0.357. The topological polar surface area (TPSA) is 37.3 Å². The number of carbonyl (C=O) groups is 1. The molecule has 0 amide bonds. The van der Waals surface area contributed by atoms with Crippen molar-refractivity contribution in [3.63, 3.8) is 0 Å². The molecule has 0 saturated heterocycles. The zero-order chi connectivity index (χ0) is 14.8. The van der Waals surface area contributed by atoms with Crippen molar-refractivity contribution in [3.05, 3.63) is 41.0 Å². The molecule has 0 unspecified atom stereocenters. The van der Waals surface area contributed by atoms with Crippen molar-refractivity contribution in [2.24, 2.45) is 5.41 Å². The molecule has 0 aliphatic heterocycles. The second-order valence-electron chi connectivity index (χ2n) is 5.23. The van der Waals surface area contributed by atoms with Crippen LogP contribution in [0.5, 0.6) is 0 Å². The maximum Gasteiger partial charge on any atom is 0.416 e. The second kappa shape index (κ2) is 5.07. The van der Waals surface area contributed by atoms with E-state index in [0.717, 1.165) is 12.1 Å².